The number of alkyl halides is 2. The van der Waals surface area contributed by atoms with Crippen molar-refractivity contribution in [1.29, 1.82) is 0 Å². The molecule has 2 aromatic heterocycles. The molecule has 1 atom stereocenters. The molecule has 14 heteroatoms. The van der Waals surface area contributed by atoms with Crippen molar-refractivity contribution in [1.82, 2.24) is 29.8 Å². The fraction of sp³-hybridized carbons (Fsp3) is 0.500. The number of aromatic nitrogens is 5. The highest BCUT2D eigenvalue weighted by Crippen LogP contribution is 2.33. The van der Waals surface area contributed by atoms with Crippen molar-refractivity contribution in [2.24, 2.45) is 0 Å². The van der Waals surface area contributed by atoms with Crippen LogP contribution in [0.5, 0.6) is 5.75 Å². The molecule has 192 valence electrons. The van der Waals surface area contributed by atoms with Crippen LogP contribution >= 0.6 is 0 Å². The second kappa shape index (κ2) is 10.0. The summed E-state index contributed by atoms with van der Waals surface area (Å²) in [7, 11) is 1.44. The number of para-hydroxylation sites is 1. The van der Waals surface area contributed by atoms with E-state index in [4.69, 9.17) is 9.47 Å². The molecular weight excluding hydrogens is 478 g/mol. The highest BCUT2D eigenvalue weighted by molar-refractivity contribution is 5.84. The van der Waals surface area contributed by atoms with Crippen LogP contribution in [-0.2, 0) is 4.74 Å². The molecule has 2 N–H and O–H groups in total. The minimum atomic E-state index is -2.91. The first-order valence-corrected chi connectivity index (χ1v) is 11.6. The average Bonchev–Trinajstić information content (AvgIpc) is 3.29. The number of benzene rings is 1. The number of amides is 1. The topological polar surface area (TPSA) is 131 Å². The van der Waals surface area contributed by atoms with Gasteiger partial charge in [0.1, 0.15) is 17.4 Å². The van der Waals surface area contributed by atoms with Gasteiger partial charge in [-0.15, -0.1) is 0 Å². The number of carbonyl (C=O) groups is 1. The van der Waals surface area contributed by atoms with E-state index in [0.29, 0.717) is 56.5 Å². The number of halogens is 2. The number of anilines is 2. The number of ether oxygens (including phenoxy) is 2. The predicted octanol–water partition coefficient (Wildman–Crippen LogP) is 2.58. The Morgan fingerprint density at radius 1 is 1.11 bits per heavy atom. The Balaban J connectivity index is 1.69. The molecule has 4 heterocycles. The molecule has 1 unspecified atom stereocenters. The second-order valence-corrected chi connectivity index (χ2v) is 8.42. The summed E-state index contributed by atoms with van der Waals surface area (Å²) in [5.74, 6) is 0.274. The van der Waals surface area contributed by atoms with Crippen LogP contribution in [0.2, 0.25) is 0 Å². The van der Waals surface area contributed by atoms with E-state index in [-0.39, 0.29) is 17.4 Å². The monoisotopic (exact) mass is 504 g/mol. The first-order chi connectivity index (χ1) is 17.5. The molecule has 1 amide bonds. The SMILES string of the molecule is COc1cccc2c1nc(C(F)F)n2-c1nc(N2CCOCC2)nc(N2CCCCC2NC(=O)O)n1. The van der Waals surface area contributed by atoms with Gasteiger partial charge in [0.2, 0.25) is 17.8 Å². The summed E-state index contributed by atoms with van der Waals surface area (Å²) in [6.45, 7) is 2.46. The van der Waals surface area contributed by atoms with Crippen molar-refractivity contribution in [3.05, 3.63) is 24.0 Å². The van der Waals surface area contributed by atoms with Crippen molar-refractivity contribution in [2.75, 3.05) is 49.8 Å². The average molecular weight is 504 g/mol. The van der Waals surface area contributed by atoms with Gasteiger partial charge in [0.25, 0.3) is 6.43 Å². The number of hydrogen-bond donors (Lipinski definition) is 2. The Morgan fingerprint density at radius 3 is 2.58 bits per heavy atom. The van der Waals surface area contributed by atoms with E-state index in [2.05, 4.69) is 25.3 Å². The maximum atomic E-state index is 14.2. The number of hydrogen-bond acceptors (Lipinski definition) is 9. The summed E-state index contributed by atoms with van der Waals surface area (Å²) in [6.07, 6.45) is -2.43. The lowest BCUT2D eigenvalue weighted by molar-refractivity contribution is 0.122. The van der Waals surface area contributed by atoms with Gasteiger partial charge in [-0.1, -0.05) is 6.07 Å². The van der Waals surface area contributed by atoms with Gasteiger partial charge in [-0.2, -0.15) is 15.0 Å². The number of piperidine rings is 1. The molecule has 36 heavy (non-hydrogen) atoms. The number of fused-ring (bicyclic) bond motifs is 1. The lowest BCUT2D eigenvalue weighted by Gasteiger charge is -2.36. The van der Waals surface area contributed by atoms with Gasteiger partial charge in [0, 0.05) is 19.6 Å². The zero-order valence-electron chi connectivity index (χ0n) is 19.6. The van der Waals surface area contributed by atoms with Gasteiger partial charge in [0.15, 0.2) is 5.82 Å². The fourth-order valence-electron chi connectivity index (χ4n) is 4.55. The normalized spacial score (nSPS) is 18.6. The standard InChI is InChI=1S/C22H26F2N8O4/c1-35-14-6-4-5-13-16(14)26-18(17(23)24)32(13)21-28-19(30-9-11-36-12-10-30)27-20(29-21)31-8-3-2-7-15(31)25-22(33)34/h4-6,15,17,25H,2-3,7-12H2,1H3,(H,33,34). The van der Waals surface area contributed by atoms with Crippen molar-refractivity contribution < 1.29 is 28.2 Å². The Morgan fingerprint density at radius 2 is 1.86 bits per heavy atom. The van der Waals surface area contributed by atoms with E-state index >= 15 is 0 Å². The Labute approximate surface area is 204 Å². The van der Waals surface area contributed by atoms with E-state index < -0.39 is 24.5 Å². The van der Waals surface area contributed by atoms with Crippen molar-refractivity contribution >= 4 is 29.0 Å². The third-order valence-electron chi connectivity index (χ3n) is 6.23. The second-order valence-electron chi connectivity index (χ2n) is 8.42. The highest BCUT2D eigenvalue weighted by atomic mass is 19.3. The molecule has 1 aromatic carbocycles. The first kappa shape index (κ1) is 23.9. The minimum absolute atomic E-state index is 0.0350. The number of nitrogens with one attached hydrogen (secondary N) is 1. The van der Waals surface area contributed by atoms with Crippen LogP contribution in [0.3, 0.4) is 0 Å². The number of morpholine rings is 1. The lowest BCUT2D eigenvalue weighted by atomic mass is 10.1. The zero-order valence-corrected chi connectivity index (χ0v) is 19.6. The molecule has 0 radical (unpaired) electrons. The van der Waals surface area contributed by atoms with E-state index in [1.54, 1.807) is 23.1 Å². The number of carboxylic acid groups (broad SMARTS) is 1. The van der Waals surface area contributed by atoms with Crippen LogP contribution in [0, 0.1) is 0 Å². The minimum Gasteiger partial charge on any atom is -0.494 e. The van der Waals surface area contributed by atoms with Gasteiger partial charge in [-0.05, 0) is 31.4 Å². The summed E-state index contributed by atoms with van der Waals surface area (Å²) in [6, 6.07) is 4.96. The molecule has 2 saturated heterocycles. The smallest absolute Gasteiger partial charge is 0.406 e. The van der Waals surface area contributed by atoms with Gasteiger partial charge in [-0.3, -0.25) is 4.57 Å². The lowest BCUT2D eigenvalue weighted by Crippen LogP contribution is -2.51. The molecule has 5 rings (SSSR count). The van der Waals surface area contributed by atoms with Crippen molar-refractivity contribution in [2.45, 2.75) is 31.9 Å². The van der Waals surface area contributed by atoms with Crippen molar-refractivity contribution in [3.8, 4) is 11.7 Å². The van der Waals surface area contributed by atoms with E-state index in [1.165, 1.54) is 11.7 Å². The zero-order chi connectivity index (χ0) is 25.2. The molecular formula is C22H26F2N8O4. The van der Waals surface area contributed by atoms with Gasteiger partial charge >= 0.3 is 6.09 Å². The van der Waals surface area contributed by atoms with E-state index in [9.17, 15) is 18.7 Å². The molecule has 0 saturated carbocycles. The van der Waals surface area contributed by atoms with Crippen molar-refractivity contribution in [3.63, 3.8) is 0 Å². The molecule has 0 bridgehead atoms. The first-order valence-electron chi connectivity index (χ1n) is 11.6. The largest absolute Gasteiger partial charge is 0.494 e. The van der Waals surface area contributed by atoms with Crippen LogP contribution in [0.25, 0.3) is 17.0 Å². The molecule has 3 aromatic rings. The summed E-state index contributed by atoms with van der Waals surface area (Å²) < 4.78 is 40.4. The van der Waals surface area contributed by atoms with Gasteiger partial charge in [-0.25, -0.2) is 18.6 Å². The van der Waals surface area contributed by atoms with Gasteiger partial charge in [0.05, 0.1) is 25.8 Å². The van der Waals surface area contributed by atoms with E-state index in [1.807, 2.05) is 4.90 Å². The predicted molar refractivity (Wildman–Crippen MR) is 125 cm³/mol. The van der Waals surface area contributed by atoms with Crippen LogP contribution < -0.4 is 19.9 Å². The molecule has 0 spiro atoms. The Kier molecular flexibility index (Phi) is 6.67. The summed E-state index contributed by atoms with van der Waals surface area (Å²) >= 11 is 0. The summed E-state index contributed by atoms with van der Waals surface area (Å²) in [5, 5.41) is 11.8. The quantitative estimate of drug-likeness (QED) is 0.516. The summed E-state index contributed by atoms with van der Waals surface area (Å²) in [5.41, 5.74) is 0.613. The molecule has 2 fully saturated rings. The Bertz CT molecular complexity index is 1250. The summed E-state index contributed by atoms with van der Waals surface area (Å²) in [4.78, 5) is 33.0. The maximum Gasteiger partial charge on any atom is 0.406 e. The number of rotatable bonds is 6. The third-order valence-corrected chi connectivity index (χ3v) is 6.23. The molecule has 0 aliphatic carbocycles. The third kappa shape index (κ3) is 4.55. The van der Waals surface area contributed by atoms with Gasteiger partial charge < -0.3 is 29.7 Å². The highest BCUT2D eigenvalue weighted by Gasteiger charge is 2.30. The van der Waals surface area contributed by atoms with Crippen LogP contribution in [-0.4, -0.2) is 81.8 Å². The van der Waals surface area contributed by atoms with Crippen LogP contribution in [0.1, 0.15) is 31.5 Å². The Hall–Kier alpha value is -3.81. The van der Waals surface area contributed by atoms with Crippen LogP contribution in [0.15, 0.2) is 18.2 Å². The molecule has 12 nitrogen and oxygen atoms in total. The number of nitrogens with zero attached hydrogens (tertiary/aromatic N) is 7. The van der Waals surface area contributed by atoms with Crippen LogP contribution in [0.4, 0.5) is 25.5 Å². The number of imidazole rings is 1. The van der Waals surface area contributed by atoms with E-state index in [0.717, 1.165) is 12.8 Å². The molecule has 2 aliphatic heterocycles. The molecule has 2 aliphatic rings. The maximum absolute atomic E-state index is 14.2. The fourth-order valence-corrected chi connectivity index (χ4v) is 4.55. The number of methoxy groups -OCH3 is 1.